The zero-order chi connectivity index (χ0) is 3.58. The predicted molar refractivity (Wildman–Crippen MR) is 10.0 cm³/mol. The van der Waals surface area contributed by atoms with E-state index in [1.807, 2.05) is 0 Å². The summed E-state index contributed by atoms with van der Waals surface area (Å²) in [6.07, 6.45) is 0. The molecule has 0 bridgehead atoms. The molecule has 0 heterocycles. The minimum atomic E-state index is -3.36. The molecule has 0 aliphatic rings. The SMILES string of the molecule is O=S([O-])F.[Ag]. The molecule has 2 nitrogen and oxygen atoms in total. The van der Waals surface area contributed by atoms with Gasteiger partial charge < -0.3 is 4.55 Å². The first-order valence-electron chi connectivity index (χ1n) is 0.488. The van der Waals surface area contributed by atoms with Crippen LogP contribution < -0.4 is 0 Å². The zero-order valence-electron chi connectivity index (χ0n) is 1.90. The summed E-state index contributed by atoms with van der Waals surface area (Å²) < 4.78 is 26.6. The molecule has 0 aromatic carbocycles. The first kappa shape index (κ1) is 9.24. The summed E-state index contributed by atoms with van der Waals surface area (Å²) in [4.78, 5) is 0. The van der Waals surface area contributed by atoms with Crippen molar-refractivity contribution in [3.8, 4) is 0 Å². The molecule has 0 saturated carbocycles. The molecule has 0 aliphatic heterocycles. The summed E-state index contributed by atoms with van der Waals surface area (Å²) in [6.45, 7) is 0. The molecule has 0 aromatic heterocycles. The normalized spacial score (nSPS) is 12.4. The molecule has 1 radical (unpaired) electrons. The van der Waals surface area contributed by atoms with E-state index >= 15 is 0 Å². The van der Waals surface area contributed by atoms with Crippen molar-refractivity contribution in [3.05, 3.63) is 0 Å². The van der Waals surface area contributed by atoms with Gasteiger partial charge in [0, 0.05) is 22.4 Å². The average Bonchev–Trinajstić information content (AvgIpc) is 0.811. The molecule has 0 aliphatic carbocycles. The second kappa shape index (κ2) is 4.78. The topological polar surface area (TPSA) is 40.1 Å². The van der Waals surface area contributed by atoms with E-state index in [2.05, 4.69) is 0 Å². The molecule has 1 atom stereocenters. The van der Waals surface area contributed by atoms with Crippen LogP contribution in [0.3, 0.4) is 0 Å². The Kier molecular flexibility index (Phi) is 8.84. The average molecular weight is 191 g/mol. The summed E-state index contributed by atoms with van der Waals surface area (Å²) in [5.41, 5.74) is 0. The molecule has 0 fully saturated rings. The molecule has 37 valence electrons. The molecular formula is AgFO2S-. The van der Waals surface area contributed by atoms with Crippen LogP contribution in [0.2, 0.25) is 0 Å². The van der Waals surface area contributed by atoms with Gasteiger partial charge in [-0.25, -0.2) is 4.21 Å². The molecule has 5 heavy (non-hydrogen) atoms. The predicted octanol–water partition coefficient (Wildman–Crippen LogP) is -0.252. The van der Waals surface area contributed by atoms with Gasteiger partial charge in [0.05, 0.1) is 0 Å². The molecule has 1 unspecified atom stereocenters. The summed E-state index contributed by atoms with van der Waals surface area (Å²) in [5, 5.41) is 0. The Balaban J connectivity index is 0. The van der Waals surface area contributed by atoms with E-state index in [0.29, 0.717) is 0 Å². The molecule has 0 aromatic rings. The Morgan fingerprint density at radius 1 is 1.80 bits per heavy atom. The van der Waals surface area contributed by atoms with Gasteiger partial charge in [-0.2, -0.15) is 0 Å². The van der Waals surface area contributed by atoms with Gasteiger partial charge >= 0.3 is 0 Å². The van der Waals surface area contributed by atoms with Crippen molar-refractivity contribution in [2.75, 3.05) is 0 Å². The Hall–Kier alpha value is 0.780. The number of halogens is 1. The van der Waals surface area contributed by atoms with E-state index in [4.69, 9.17) is 8.76 Å². The van der Waals surface area contributed by atoms with Crippen molar-refractivity contribution in [2.45, 2.75) is 0 Å². The number of rotatable bonds is 0. The van der Waals surface area contributed by atoms with Crippen molar-refractivity contribution in [3.63, 3.8) is 0 Å². The maximum Gasteiger partial charge on any atom is 0.132 e. The molecule has 0 amide bonds. The van der Waals surface area contributed by atoms with Crippen LogP contribution in [0.1, 0.15) is 0 Å². The summed E-state index contributed by atoms with van der Waals surface area (Å²) in [7, 11) is 0. The van der Waals surface area contributed by atoms with E-state index in [9.17, 15) is 3.89 Å². The van der Waals surface area contributed by atoms with Crippen LogP contribution >= 0.6 is 0 Å². The third kappa shape index (κ3) is 60.7. The third-order valence-corrected chi connectivity index (χ3v) is 0. The molecular weight excluding hydrogens is 191 g/mol. The Morgan fingerprint density at radius 2 is 1.80 bits per heavy atom. The summed E-state index contributed by atoms with van der Waals surface area (Å²) in [5.74, 6) is 0. The van der Waals surface area contributed by atoms with E-state index in [0.717, 1.165) is 0 Å². The van der Waals surface area contributed by atoms with Gasteiger partial charge in [0.25, 0.3) is 0 Å². The van der Waals surface area contributed by atoms with Crippen molar-refractivity contribution >= 4 is 11.5 Å². The minimum Gasteiger partial charge on any atom is -0.746 e. The van der Waals surface area contributed by atoms with Gasteiger partial charge in [0.2, 0.25) is 0 Å². The molecule has 0 spiro atoms. The fourth-order valence-corrected chi connectivity index (χ4v) is 0. The molecule has 0 saturated heterocycles. The van der Waals surface area contributed by atoms with Crippen molar-refractivity contribution in [1.82, 2.24) is 0 Å². The van der Waals surface area contributed by atoms with E-state index in [-0.39, 0.29) is 22.4 Å². The van der Waals surface area contributed by atoms with E-state index in [1.165, 1.54) is 0 Å². The van der Waals surface area contributed by atoms with Gasteiger partial charge in [-0.3, -0.25) is 0 Å². The van der Waals surface area contributed by atoms with Crippen LogP contribution in [-0.4, -0.2) is 8.76 Å². The van der Waals surface area contributed by atoms with Crippen molar-refractivity contribution in [2.24, 2.45) is 0 Å². The van der Waals surface area contributed by atoms with Crippen molar-refractivity contribution < 1.29 is 35.0 Å². The third-order valence-electron chi connectivity index (χ3n) is 0. The van der Waals surface area contributed by atoms with Crippen LogP contribution in [0.15, 0.2) is 0 Å². The van der Waals surface area contributed by atoms with Crippen LogP contribution in [0.4, 0.5) is 3.89 Å². The van der Waals surface area contributed by atoms with Gasteiger partial charge in [-0.15, -0.1) is 3.89 Å². The minimum absolute atomic E-state index is 0. The molecule has 0 N–H and O–H groups in total. The smallest absolute Gasteiger partial charge is 0.132 e. The van der Waals surface area contributed by atoms with Gasteiger partial charge in [-0.1, -0.05) is 0 Å². The number of hydrogen-bond donors (Lipinski definition) is 0. The first-order valence-corrected chi connectivity index (χ1v) is 1.46. The largest absolute Gasteiger partial charge is 0.746 e. The fourth-order valence-electron chi connectivity index (χ4n) is 0. The second-order valence-electron chi connectivity index (χ2n) is 0.194. The molecule has 5 heteroatoms. The fraction of sp³-hybridized carbons (Fsp3) is 0. The van der Waals surface area contributed by atoms with Gasteiger partial charge in [-0.05, 0) is 0 Å². The van der Waals surface area contributed by atoms with Crippen LogP contribution in [0, 0.1) is 0 Å². The molecule has 0 rings (SSSR count). The maximum absolute atomic E-state index is 9.92. The first-order chi connectivity index (χ1) is 1.73. The van der Waals surface area contributed by atoms with Crippen LogP contribution in [0.5, 0.6) is 0 Å². The maximum atomic E-state index is 9.92. The Labute approximate surface area is 46.8 Å². The zero-order valence-corrected chi connectivity index (χ0v) is 4.20. The van der Waals surface area contributed by atoms with Crippen LogP contribution in [-0.2, 0) is 33.8 Å². The van der Waals surface area contributed by atoms with Gasteiger partial charge in [0.1, 0.15) is 11.5 Å². The number of hydrogen-bond acceptors (Lipinski definition) is 2. The summed E-state index contributed by atoms with van der Waals surface area (Å²) >= 11 is -3.36. The van der Waals surface area contributed by atoms with Gasteiger partial charge in [0.15, 0.2) is 0 Å². The van der Waals surface area contributed by atoms with E-state index < -0.39 is 11.5 Å². The second-order valence-corrected chi connectivity index (χ2v) is 0.582. The quantitative estimate of drug-likeness (QED) is 0.301. The Morgan fingerprint density at radius 3 is 1.80 bits per heavy atom. The monoisotopic (exact) mass is 190 g/mol. The Bertz CT molecular complexity index is 32.6. The summed E-state index contributed by atoms with van der Waals surface area (Å²) in [6, 6.07) is 0. The standard InChI is InChI=1S/Ag.FHO2S/c;1-4(2)3/h;(H,2,3)/p-1. The van der Waals surface area contributed by atoms with E-state index in [1.54, 1.807) is 0 Å². The van der Waals surface area contributed by atoms with Crippen molar-refractivity contribution in [1.29, 1.82) is 0 Å². The van der Waals surface area contributed by atoms with Crippen LogP contribution in [0.25, 0.3) is 0 Å².